The predicted octanol–water partition coefficient (Wildman–Crippen LogP) is 2.09. The SMILES string of the molecule is COc1ncccc1C(=O)NC1CCc2nnc(-c3ccccc3)n2C1. The van der Waals surface area contributed by atoms with Gasteiger partial charge in [-0.1, -0.05) is 30.3 Å². The van der Waals surface area contributed by atoms with Crippen LogP contribution >= 0.6 is 0 Å². The van der Waals surface area contributed by atoms with E-state index in [1.165, 1.54) is 7.11 Å². The van der Waals surface area contributed by atoms with Crippen molar-refractivity contribution in [2.45, 2.75) is 25.4 Å². The number of pyridine rings is 1. The Bertz CT molecular complexity index is 923. The van der Waals surface area contributed by atoms with E-state index in [1.807, 2.05) is 30.3 Å². The summed E-state index contributed by atoms with van der Waals surface area (Å²) < 4.78 is 7.27. The van der Waals surface area contributed by atoms with E-state index < -0.39 is 0 Å². The van der Waals surface area contributed by atoms with E-state index in [0.29, 0.717) is 18.0 Å². The average Bonchev–Trinajstić information content (AvgIpc) is 3.12. The number of amides is 1. The summed E-state index contributed by atoms with van der Waals surface area (Å²) in [6.45, 7) is 0.640. The molecule has 0 spiro atoms. The highest BCUT2D eigenvalue weighted by Crippen LogP contribution is 2.23. The first kappa shape index (κ1) is 16.3. The molecule has 1 amide bonds. The van der Waals surface area contributed by atoms with E-state index >= 15 is 0 Å². The van der Waals surface area contributed by atoms with Crippen LogP contribution in [0.5, 0.6) is 5.88 Å². The molecule has 7 heteroatoms. The largest absolute Gasteiger partial charge is 0.480 e. The number of aromatic nitrogens is 4. The minimum Gasteiger partial charge on any atom is -0.480 e. The van der Waals surface area contributed by atoms with Crippen molar-refractivity contribution in [2.75, 3.05) is 7.11 Å². The first-order valence-corrected chi connectivity index (χ1v) is 8.53. The summed E-state index contributed by atoms with van der Waals surface area (Å²) in [7, 11) is 1.51. The number of carbonyl (C=O) groups excluding carboxylic acids is 1. The molecule has 0 radical (unpaired) electrons. The number of methoxy groups -OCH3 is 1. The maximum atomic E-state index is 12.6. The lowest BCUT2D eigenvalue weighted by Crippen LogP contribution is -2.41. The van der Waals surface area contributed by atoms with Crippen LogP contribution in [0.3, 0.4) is 0 Å². The Hall–Kier alpha value is -3.22. The zero-order chi connectivity index (χ0) is 17.9. The van der Waals surface area contributed by atoms with Gasteiger partial charge in [0.1, 0.15) is 11.4 Å². The number of hydrogen-bond acceptors (Lipinski definition) is 5. The lowest BCUT2D eigenvalue weighted by Gasteiger charge is -2.25. The molecule has 2 aromatic heterocycles. The molecule has 1 aromatic carbocycles. The summed E-state index contributed by atoms with van der Waals surface area (Å²) in [5.74, 6) is 1.93. The Morgan fingerprint density at radius 3 is 2.85 bits per heavy atom. The number of aryl methyl sites for hydroxylation is 1. The highest BCUT2D eigenvalue weighted by molar-refractivity contribution is 5.96. The number of hydrogen-bond donors (Lipinski definition) is 1. The standard InChI is InChI=1S/C19H19N5O2/c1-26-19-15(8-5-11-20-19)18(25)21-14-9-10-16-22-23-17(24(16)12-14)13-6-3-2-4-7-13/h2-8,11,14H,9-10,12H2,1H3,(H,21,25). The number of benzene rings is 1. The maximum Gasteiger partial charge on any atom is 0.257 e. The number of nitrogens with one attached hydrogen (secondary N) is 1. The summed E-state index contributed by atoms with van der Waals surface area (Å²) in [4.78, 5) is 16.7. The van der Waals surface area contributed by atoms with Crippen LogP contribution in [0, 0.1) is 0 Å². The third-order valence-corrected chi connectivity index (χ3v) is 4.52. The Morgan fingerprint density at radius 1 is 1.19 bits per heavy atom. The highest BCUT2D eigenvalue weighted by atomic mass is 16.5. The normalized spacial score (nSPS) is 16.0. The number of rotatable bonds is 4. The lowest BCUT2D eigenvalue weighted by molar-refractivity contribution is 0.0924. The molecule has 26 heavy (non-hydrogen) atoms. The van der Waals surface area contributed by atoms with Crippen molar-refractivity contribution in [2.24, 2.45) is 0 Å². The molecule has 7 nitrogen and oxygen atoms in total. The van der Waals surface area contributed by atoms with Gasteiger partial charge in [-0.2, -0.15) is 0 Å². The third-order valence-electron chi connectivity index (χ3n) is 4.52. The van der Waals surface area contributed by atoms with E-state index in [9.17, 15) is 4.79 Å². The first-order chi connectivity index (χ1) is 12.8. The Labute approximate surface area is 151 Å². The van der Waals surface area contributed by atoms with Gasteiger partial charge >= 0.3 is 0 Å². The van der Waals surface area contributed by atoms with E-state index in [2.05, 4.69) is 25.1 Å². The van der Waals surface area contributed by atoms with Crippen molar-refractivity contribution in [1.82, 2.24) is 25.1 Å². The average molecular weight is 349 g/mol. The van der Waals surface area contributed by atoms with Gasteiger partial charge in [-0.05, 0) is 18.6 Å². The van der Waals surface area contributed by atoms with E-state index in [0.717, 1.165) is 30.1 Å². The van der Waals surface area contributed by atoms with Crippen molar-refractivity contribution < 1.29 is 9.53 Å². The minimum absolute atomic E-state index is 0.00151. The van der Waals surface area contributed by atoms with Crippen LogP contribution in [0.2, 0.25) is 0 Å². The molecule has 1 unspecified atom stereocenters. The fraction of sp³-hybridized carbons (Fsp3) is 0.263. The topological polar surface area (TPSA) is 81.9 Å². The molecule has 1 aliphatic rings. The Kier molecular flexibility index (Phi) is 4.35. The van der Waals surface area contributed by atoms with Crippen LogP contribution in [-0.4, -0.2) is 38.8 Å². The number of nitrogens with zero attached hydrogens (tertiary/aromatic N) is 4. The predicted molar refractivity (Wildman–Crippen MR) is 95.8 cm³/mol. The summed E-state index contributed by atoms with van der Waals surface area (Å²) in [5, 5.41) is 11.7. The summed E-state index contributed by atoms with van der Waals surface area (Å²) >= 11 is 0. The van der Waals surface area contributed by atoms with Crippen LogP contribution in [0.1, 0.15) is 22.6 Å². The zero-order valence-corrected chi connectivity index (χ0v) is 14.4. The molecule has 0 fully saturated rings. The van der Waals surface area contributed by atoms with E-state index in [4.69, 9.17) is 4.74 Å². The molecule has 3 heterocycles. The monoisotopic (exact) mass is 349 g/mol. The van der Waals surface area contributed by atoms with Gasteiger partial charge in [-0.25, -0.2) is 4.98 Å². The van der Waals surface area contributed by atoms with Crippen LogP contribution in [0.25, 0.3) is 11.4 Å². The fourth-order valence-corrected chi connectivity index (χ4v) is 3.24. The molecule has 1 atom stereocenters. The summed E-state index contributed by atoms with van der Waals surface area (Å²) in [6, 6.07) is 13.4. The molecule has 0 saturated heterocycles. The minimum atomic E-state index is -0.183. The molecule has 1 aliphatic heterocycles. The zero-order valence-electron chi connectivity index (χ0n) is 14.4. The molecule has 1 N–H and O–H groups in total. The molecule has 0 bridgehead atoms. The van der Waals surface area contributed by atoms with Crippen molar-refractivity contribution in [3.63, 3.8) is 0 Å². The smallest absolute Gasteiger partial charge is 0.257 e. The van der Waals surface area contributed by atoms with Gasteiger partial charge in [0.15, 0.2) is 5.82 Å². The van der Waals surface area contributed by atoms with Crippen molar-refractivity contribution in [1.29, 1.82) is 0 Å². The Morgan fingerprint density at radius 2 is 2.04 bits per heavy atom. The molecule has 4 rings (SSSR count). The third kappa shape index (κ3) is 3.03. The van der Waals surface area contributed by atoms with Crippen LogP contribution < -0.4 is 10.1 Å². The van der Waals surface area contributed by atoms with E-state index in [1.54, 1.807) is 18.3 Å². The van der Waals surface area contributed by atoms with E-state index in [-0.39, 0.29) is 11.9 Å². The lowest BCUT2D eigenvalue weighted by atomic mass is 10.1. The van der Waals surface area contributed by atoms with Crippen LogP contribution in [-0.2, 0) is 13.0 Å². The van der Waals surface area contributed by atoms with Gasteiger partial charge in [-0.3, -0.25) is 4.79 Å². The maximum absolute atomic E-state index is 12.6. The van der Waals surface area contributed by atoms with Gasteiger partial charge in [-0.15, -0.1) is 10.2 Å². The fourth-order valence-electron chi connectivity index (χ4n) is 3.24. The second kappa shape index (κ2) is 6.95. The van der Waals surface area contributed by atoms with Gasteiger partial charge in [0.25, 0.3) is 5.91 Å². The molecule has 3 aromatic rings. The molecule has 0 aliphatic carbocycles. The molecule has 0 saturated carbocycles. The molecular weight excluding hydrogens is 330 g/mol. The number of fused-ring (bicyclic) bond motifs is 1. The van der Waals surface area contributed by atoms with Gasteiger partial charge in [0, 0.05) is 30.8 Å². The highest BCUT2D eigenvalue weighted by Gasteiger charge is 2.25. The first-order valence-electron chi connectivity index (χ1n) is 8.53. The van der Waals surface area contributed by atoms with Crippen molar-refractivity contribution in [3.05, 3.63) is 60.0 Å². The van der Waals surface area contributed by atoms with Crippen LogP contribution in [0.4, 0.5) is 0 Å². The van der Waals surface area contributed by atoms with Crippen molar-refractivity contribution in [3.8, 4) is 17.3 Å². The molecular formula is C19H19N5O2. The second-order valence-electron chi connectivity index (χ2n) is 6.19. The van der Waals surface area contributed by atoms with Crippen LogP contribution in [0.15, 0.2) is 48.7 Å². The van der Waals surface area contributed by atoms with Gasteiger partial charge in [0.2, 0.25) is 5.88 Å². The molecule has 132 valence electrons. The Balaban J connectivity index is 1.54. The number of ether oxygens (including phenoxy) is 1. The van der Waals surface area contributed by atoms with Gasteiger partial charge < -0.3 is 14.6 Å². The number of carbonyl (C=O) groups is 1. The summed E-state index contributed by atoms with van der Waals surface area (Å²) in [5.41, 5.74) is 1.46. The van der Waals surface area contributed by atoms with Gasteiger partial charge in [0.05, 0.1) is 7.11 Å². The van der Waals surface area contributed by atoms with Crippen molar-refractivity contribution >= 4 is 5.91 Å². The quantitative estimate of drug-likeness (QED) is 0.780. The summed E-state index contributed by atoms with van der Waals surface area (Å²) in [6.07, 6.45) is 3.20. The second-order valence-corrected chi connectivity index (χ2v) is 6.19.